The Morgan fingerprint density at radius 1 is 1.19 bits per heavy atom. The van der Waals surface area contributed by atoms with E-state index in [0.29, 0.717) is 39.9 Å². The Labute approximate surface area is 222 Å². The summed E-state index contributed by atoms with van der Waals surface area (Å²) >= 11 is 2.55. The number of aromatic nitrogens is 2. The summed E-state index contributed by atoms with van der Waals surface area (Å²) in [7, 11) is 0. The van der Waals surface area contributed by atoms with Gasteiger partial charge in [-0.15, -0.1) is 10.2 Å². The fraction of sp³-hybridized carbons (Fsp3) is 0.222. The summed E-state index contributed by atoms with van der Waals surface area (Å²) < 4.78 is 0.592. The van der Waals surface area contributed by atoms with Gasteiger partial charge in [-0.05, 0) is 37.5 Å². The number of aryl methyl sites for hydroxylation is 1. The van der Waals surface area contributed by atoms with Crippen molar-refractivity contribution < 1.29 is 9.59 Å². The van der Waals surface area contributed by atoms with Gasteiger partial charge in [0.05, 0.1) is 23.3 Å². The minimum absolute atomic E-state index is 0.0220. The molecule has 0 saturated heterocycles. The van der Waals surface area contributed by atoms with E-state index in [2.05, 4.69) is 21.6 Å². The average molecular weight is 529 g/mol. The van der Waals surface area contributed by atoms with Crippen LogP contribution < -0.4 is 16.0 Å². The van der Waals surface area contributed by atoms with Gasteiger partial charge in [0.15, 0.2) is 10.1 Å². The van der Waals surface area contributed by atoms with Crippen molar-refractivity contribution in [3.05, 3.63) is 88.4 Å². The summed E-state index contributed by atoms with van der Waals surface area (Å²) in [6.45, 7) is 1.99. The number of benzene rings is 2. The molecule has 1 aromatic heterocycles. The predicted molar refractivity (Wildman–Crippen MR) is 145 cm³/mol. The van der Waals surface area contributed by atoms with E-state index in [9.17, 15) is 14.9 Å². The Bertz CT molecular complexity index is 1450. The number of hydrogen-bond acceptors (Lipinski definition) is 9. The molecule has 0 radical (unpaired) electrons. The van der Waals surface area contributed by atoms with Gasteiger partial charge >= 0.3 is 0 Å². The molecule has 5 rings (SSSR count). The van der Waals surface area contributed by atoms with Gasteiger partial charge in [0.1, 0.15) is 5.82 Å². The van der Waals surface area contributed by atoms with E-state index in [0.717, 1.165) is 22.5 Å². The van der Waals surface area contributed by atoms with Crippen molar-refractivity contribution in [3.63, 3.8) is 0 Å². The van der Waals surface area contributed by atoms with Gasteiger partial charge in [-0.2, -0.15) is 5.26 Å². The zero-order valence-electron chi connectivity index (χ0n) is 20.1. The van der Waals surface area contributed by atoms with Crippen LogP contribution in [0, 0.1) is 18.3 Å². The Kier molecular flexibility index (Phi) is 7.08. The lowest BCUT2D eigenvalue weighted by Crippen LogP contribution is -2.38. The molecule has 186 valence electrons. The molecule has 37 heavy (non-hydrogen) atoms. The van der Waals surface area contributed by atoms with Crippen LogP contribution in [0.3, 0.4) is 0 Å². The van der Waals surface area contributed by atoms with Crippen LogP contribution in [0.15, 0.2) is 81.6 Å². The summed E-state index contributed by atoms with van der Waals surface area (Å²) in [5.74, 6) is -0.209. The molecule has 3 N–H and O–H groups in total. The average Bonchev–Trinajstić information content (AvgIpc) is 3.36. The standard InChI is InChI=1S/C27H24N6O2S2/c1-16-10-12-17(13-11-16)23-19(14-28)25(29)33(20-8-5-9-21(34)24(20)23)26-31-32-27(37-26)36-15-22(35)30-18-6-3-2-4-7-18/h2-4,6-7,10-13,23H,5,8-9,15,29H2,1H3,(H,30,35). The Balaban J connectivity index is 1.43. The molecule has 3 aromatic rings. The first kappa shape index (κ1) is 24.7. The minimum atomic E-state index is -0.506. The molecular weight excluding hydrogens is 504 g/mol. The van der Waals surface area contributed by atoms with Gasteiger partial charge in [-0.3, -0.25) is 14.5 Å². The van der Waals surface area contributed by atoms with Crippen LogP contribution >= 0.6 is 23.1 Å². The lowest BCUT2D eigenvalue weighted by molar-refractivity contribution is -0.116. The zero-order valence-corrected chi connectivity index (χ0v) is 21.7. The van der Waals surface area contributed by atoms with Gasteiger partial charge < -0.3 is 11.1 Å². The Morgan fingerprint density at radius 3 is 2.68 bits per heavy atom. The molecule has 8 nitrogen and oxygen atoms in total. The van der Waals surface area contributed by atoms with Gasteiger partial charge in [0, 0.05) is 23.4 Å². The number of carbonyl (C=O) groups excluding carboxylic acids is 2. The van der Waals surface area contributed by atoms with E-state index >= 15 is 0 Å². The van der Waals surface area contributed by atoms with Gasteiger partial charge in [-0.25, -0.2) is 0 Å². The second-order valence-electron chi connectivity index (χ2n) is 8.78. The van der Waals surface area contributed by atoms with E-state index in [1.54, 1.807) is 4.90 Å². The first-order valence-corrected chi connectivity index (χ1v) is 13.6. The Morgan fingerprint density at radius 2 is 1.95 bits per heavy atom. The topological polar surface area (TPSA) is 125 Å². The molecular formula is C27H24N6O2S2. The summed E-state index contributed by atoms with van der Waals surface area (Å²) in [6.07, 6.45) is 1.77. The lowest BCUT2D eigenvalue weighted by atomic mass is 9.75. The third kappa shape index (κ3) is 5.01. The number of hydrogen-bond donors (Lipinski definition) is 2. The van der Waals surface area contributed by atoms with Crippen LogP contribution in [0.5, 0.6) is 0 Å². The lowest BCUT2D eigenvalue weighted by Gasteiger charge is -2.38. The van der Waals surface area contributed by atoms with E-state index < -0.39 is 5.92 Å². The zero-order chi connectivity index (χ0) is 25.9. The van der Waals surface area contributed by atoms with Crippen molar-refractivity contribution in [2.24, 2.45) is 5.73 Å². The summed E-state index contributed by atoms with van der Waals surface area (Å²) in [5.41, 5.74) is 11.0. The van der Waals surface area contributed by atoms with Crippen LogP contribution in [-0.4, -0.2) is 27.6 Å². The number of allylic oxidation sites excluding steroid dienone is 3. The molecule has 0 spiro atoms. The van der Waals surface area contributed by atoms with Crippen LogP contribution in [-0.2, 0) is 9.59 Å². The second kappa shape index (κ2) is 10.6. The highest BCUT2D eigenvalue weighted by Gasteiger charge is 2.41. The first-order valence-electron chi connectivity index (χ1n) is 11.8. The molecule has 1 unspecified atom stereocenters. The van der Waals surface area contributed by atoms with Crippen LogP contribution in [0.25, 0.3) is 0 Å². The molecule has 0 saturated carbocycles. The molecule has 1 atom stereocenters. The molecule has 10 heteroatoms. The third-order valence-corrected chi connectivity index (χ3v) is 8.34. The third-order valence-electron chi connectivity index (χ3n) is 6.30. The van der Waals surface area contributed by atoms with Crippen molar-refractivity contribution in [1.82, 2.24) is 10.2 Å². The van der Waals surface area contributed by atoms with Crippen molar-refractivity contribution in [3.8, 4) is 6.07 Å². The number of anilines is 2. The first-order chi connectivity index (χ1) is 18.0. The van der Waals surface area contributed by atoms with Crippen molar-refractivity contribution in [2.75, 3.05) is 16.0 Å². The van der Waals surface area contributed by atoms with Crippen LogP contribution in [0.2, 0.25) is 0 Å². The maximum Gasteiger partial charge on any atom is 0.234 e. The van der Waals surface area contributed by atoms with E-state index in [1.165, 1.54) is 23.1 Å². The smallest absolute Gasteiger partial charge is 0.234 e. The molecule has 2 heterocycles. The van der Waals surface area contributed by atoms with Gasteiger partial charge in [-0.1, -0.05) is 71.1 Å². The van der Waals surface area contributed by atoms with Gasteiger partial charge in [0.25, 0.3) is 0 Å². The number of amides is 1. The molecule has 2 aromatic carbocycles. The van der Waals surface area contributed by atoms with E-state index in [4.69, 9.17) is 5.73 Å². The van der Waals surface area contributed by atoms with Gasteiger partial charge in [0.2, 0.25) is 11.0 Å². The summed E-state index contributed by atoms with van der Waals surface area (Å²) in [6, 6.07) is 19.4. The number of para-hydroxylation sites is 1. The number of thioether (sulfide) groups is 1. The normalized spacial score (nSPS) is 17.5. The maximum atomic E-state index is 13.2. The van der Waals surface area contributed by atoms with Crippen LogP contribution in [0.4, 0.5) is 10.8 Å². The maximum absolute atomic E-state index is 13.2. The summed E-state index contributed by atoms with van der Waals surface area (Å²) in [5, 5.41) is 22.0. The number of ketones is 1. The monoisotopic (exact) mass is 528 g/mol. The molecule has 1 amide bonds. The molecule has 2 aliphatic rings. The van der Waals surface area contributed by atoms with Crippen molar-refractivity contribution >= 4 is 45.6 Å². The number of nitrogens with one attached hydrogen (secondary N) is 1. The number of rotatable bonds is 6. The molecule has 1 aliphatic heterocycles. The number of Topliss-reactive ketones (excluding diaryl/α,β-unsaturated/α-hetero) is 1. The second-order valence-corrected chi connectivity index (χ2v) is 11.0. The molecule has 0 bridgehead atoms. The number of carbonyl (C=O) groups is 2. The highest BCUT2D eigenvalue weighted by Crippen LogP contribution is 2.47. The quantitative estimate of drug-likeness (QED) is 0.434. The van der Waals surface area contributed by atoms with Crippen LogP contribution in [0.1, 0.15) is 36.3 Å². The largest absolute Gasteiger partial charge is 0.384 e. The minimum Gasteiger partial charge on any atom is -0.384 e. The fourth-order valence-corrected chi connectivity index (χ4v) is 6.27. The predicted octanol–water partition coefficient (Wildman–Crippen LogP) is 4.88. The van der Waals surface area contributed by atoms with Crippen molar-refractivity contribution in [2.45, 2.75) is 36.4 Å². The number of nitrogens with two attached hydrogens (primary N) is 1. The van der Waals surface area contributed by atoms with E-state index in [1.807, 2.05) is 61.5 Å². The SMILES string of the molecule is Cc1ccc(C2C(C#N)=C(N)N(c3nnc(SCC(=O)Nc4ccccc4)s3)C3=C2C(=O)CCC3)cc1. The number of nitriles is 1. The van der Waals surface area contributed by atoms with Crippen molar-refractivity contribution in [1.29, 1.82) is 5.26 Å². The molecule has 0 fully saturated rings. The highest BCUT2D eigenvalue weighted by molar-refractivity contribution is 8.01. The van der Waals surface area contributed by atoms with E-state index in [-0.39, 0.29) is 23.3 Å². The summed E-state index contributed by atoms with van der Waals surface area (Å²) in [4.78, 5) is 27.3. The number of nitrogens with zero attached hydrogens (tertiary/aromatic N) is 4. The molecule has 1 aliphatic carbocycles. The fourth-order valence-electron chi connectivity index (χ4n) is 4.59. The highest BCUT2D eigenvalue weighted by atomic mass is 32.2. The Hall–Kier alpha value is -3.94.